The van der Waals surface area contributed by atoms with E-state index >= 15 is 0 Å². The molecule has 0 radical (unpaired) electrons. The van der Waals surface area contributed by atoms with Gasteiger partial charge in [-0.2, -0.15) is 5.26 Å². The lowest BCUT2D eigenvalue weighted by Gasteiger charge is -2.07. The molecule has 0 aliphatic rings. The van der Waals surface area contributed by atoms with E-state index in [0.29, 0.717) is 28.3 Å². The lowest BCUT2D eigenvalue weighted by molar-refractivity contribution is 0.0461. The van der Waals surface area contributed by atoms with Crippen molar-refractivity contribution in [2.45, 2.75) is 6.61 Å². The van der Waals surface area contributed by atoms with Crippen LogP contribution in [-0.4, -0.2) is 17.6 Å². The number of carbonyl (C=O) groups excluding carboxylic acids is 1. The van der Waals surface area contributed by atoms with Gasteiger partial charge in [0.25, 0.3) is 0 Å². The fourth-order valence-electron chi connectivity index (χ4n) is 1.95. The van der Waals surface area contributed by atoms with Crippen molar-refractivity contribution >= 4 is 11.7 Å². The molecule has 1 aromatic heterocycles. The maximum absolute atomic E-state index is 11.9. The first-order valence-electron chi connectivity index (χ1n) is 6.21. The summed E-state index contributed by atoms with van der Waals surface area (Å²) in [5, 5.41) is 9.01. The van der Waals surface area contributed by atoms with Gasteiger partial charge in [0.05, 0.1) is 18.4 Å². The second kappa shape index (κ2) is 6.01. The van der Waals surface area contributed by atoms with Gasteiger partial charge in [-0.25, -0.2) is 4.79 Å². The van der Waals surface area contributed by atoms with Crippen molar-refractivity contribution < 1.29 is 14.3 Å². The summed E-state index contributed by atoms with van der Waals surface area (Å²) in [5.41, 5.74) is 7.60. The standard InChI is InChI=1S/C15H15N3O3/c1-18-8-12(17)6-13(18)15(19)21-9-10-3-4-14(20-2)11(5-10)7-16/h3-6,8H,9,17H2,1-2H3. The number of nitrogens with zero attached hydrogens (tertiary/aromatic N) is 2. The van der Waals surface area contributed by atoms with Gasteiger partial charge in [0.15, 0.2) is 0 Å². The highest BCUT2D eigenvalue weighted by atomic mass is 16.5. The maximum atomic E-state index is 11.9. The largest absolute Gasteiger partial charge is 0.495 e. The highest BCUT2D eigenvalue weighted by Crippen LogP contribution is 2.19. The van der Waals surface area contributed by atoms with Gasteiger partial charge in [-0.1, -0.05) is 6.07 Å². The summed E-state index contributed by atoms with van der Waals surface area (Å²) in [6.07, 6.45) is 1.64. The zero-order valence-electron chi connectivity index (χ0n) is 11.8. The molecule has 1 aromatic carbocycles. The van der Waals surface area contributed by atoms with Gasteiger partial charge in [0.2, 0.25) is 0 Å². The van der Waals surface area contributed by atoms with E-state index < -0.39 is 5.97 Å². The Balaban J connectivity index is 2.08. The van der Waals surface area contributed by atoms with E-state index in [1.54, 1.807) is 42.1 Å². The van der Waals surface area contributed by atoms with Crippen molar-refractivity contribution in [2.75, 3.05) is 12.8 Å². The first-order valence-corrected chi connectivity index (χ1v) is 6.21. The Morgan fingerprint density at radius 3 is 2.76 bits per heavy atom. The van der Waals surface area contributed by atoms with E-state index in [1.165, 1.54) is 7.11 Å². The molecule has 6 heteroatoms. The van der Waals surface area contributed by atoms with Crippen LogP contribution in [0.5, 0.6) is 5.75 Å². The zero-order chi connectivity index (χ0) is 15.4. The van der Waals surface area contributed by atoms with E-state index in [-0.39, 0.29) is 6.61 Å². The molecule has 1 heterocycles. The summed E-state index contributed by atoms with van der Waals surface area (Å²) >= 11 is 0. The van der Waals surface area contributed by atoms with Crippen molar-refractivity contribution in [2.24, 2.45) is 7.05 Å². The number of benzene rings is 1. The zero-order valence-corrected chi connectivity index (χ0v) is 11.8. The number of aryl methyl sites for hydroxylation is 1. The summed E-state index contributed by atoms with van der Waals surface area (Å²) < 4.78 is 11.9. The number of nitriles is 1. The van der Waals surface area contributed by atoms with Crippen molar-refractivity contribution in [3.63, 3.8) is 0 Å². The predicted molar refractivity (Wildman–Crippen MR) is 76.7 cm³/mol. The number of nitrogens with two attached hydrogens (primary N) is 1. The Hall–Kier alpha value is -2.94. The highest BCUT2D eigenvalue weighted by Gasteiger charge is 2.13. The number of methoxy groups -OCH3 is 1. The topological polar surface area (TPSA) is 90.3 Å². The minimum Gasteiger partial charge on any atom is -0.495 e. The molecular formula is C15H15N3O3. The second-order valence-electron chi connectivity index (χ2n) is 4.49. The average Bonchev–Trinajstić information content (AvgIpc) is 2.83. The van der Waals surface area contributed by atoms with Crippen LogP contribution in [0.2, 0.25) is 0 Å². The molecule has 2 rings (SSSR count). The fraction of sp³-hybridized carbons (Fsp3) is 0.200. The lowest BCUT2D eigenvalue weighted by Crippen LogP contribution is -2.09. The van der Waals surface area contributed by atoms with E-state index in [4.69, 9.17) is 20.5 Å². The summed E-state index contributed by atoms with van der Waals surface area (Å²) in [6, 6.07) is 8.63. The number of esters is 1. The van der Waals surface area contributed by atoms with Crippen molar-refractivity contribution in [3.05, 3.63) is 47.3 Å². The van der Waals surface area contributed by atoms with E-state index in [1.807, 2.05) is 6.07 Å². The van der Waals surface area contributed by atoms with Crippen LogP contribution in [-0.2, 0) is 18.4 Å². The van der Waals surface area contributed by atoms with Crippen LogP contribution < -0.4 is 10.5 Å². The van der Waals surface area contributed by atoms with E-state index in [0.717, 1.165) is 0 Å². The SMILES string of the molecule is COc1ccc(COC(=O)c2cc(N)cn2C)cc1C#N. The Bertz CT molecular complexity index is 713. The quantitative estimate of drug-likeness (QED) is 0.866. The minimum absolute atomic E-state index is 0.0720. The van der Waals surface area contributed by atoms with Crippen molar-refractivity contribution in [1.82, 2.24) is 4.57 Å². The molecule has 0 fully saturated rings. The summed E-state index contributed by atoms with van der Waals surface area (Å²) in [4.78, 5) is 11.9. The number of aromatic nitrogens is 1. The molecule has 0 atom stereocenters. The Labute approximate surface area is 122 Å². The second-order valence-corrected chi connectivity index (χ2v) is 4.49. The van der Waals surface area contributed by atoms with Crippen LogP contribution in [0.15, 0.2) is 30.5 Å². The van der Waals surface area contributed by atoms with Gasteiger partial charge < -0.3 is 19.8 Å². The molecule has 6 nitrogen and oxygen atoms in total. The lowest BCUT2D eigenvalue weighted by atomic mass is 10.1. The first-order chi connectivity index (χ1) is 10.0. The molecule has 21 heavy (non-hydrogen) atoms. The van der Waals surface area contributed by atoms with Gasteiger partial charge in [0.1, 0.15) is 24.1 Å². The van der Waals surface area contributed by atoms with E-state index in [9.17, 15) is 4.79 Å². The molecular weight excluding hydrogens is 270 g/mol. The molecule has 108 valence electrons. The summed E-state index contributed by atoms with van der Waals surface area (Å²) in [7, 11) is 3.21. The molecule has 0 saturated heterocycles. The third-order valence-electron chi connectivity index (χ3n) is 2.99. The van der Waals surface area contributed by atoms with Crippen LogP contribution >= 0.6 is 0 Å². The molecule has 0 amide bonds. The Morgan fingerprint density at radius 1 is 1.43 bits per heavy atom. The summed E-state index contributed by atoms with van der Waals surface area (Å²) in [5.74, 6) is 0.0197. The predicted octanol–water partition coefficient (Wildman–Crippen LogP) is 1.84. The third kappa shape index (κ3) is 3.15. The number of hydrogen-bond donors (Lipinski definition) is 1. The number of nitrogen functional groups attached to an aromatic ring is 1. The fourth-order valence-corrected chi connectivity index (χ4v) is 1.95. The molecule has 0 aliphatic heterocycles. The summed E-state index contributed by atoms with van der Waals surface area (Å²) in [6.45, 7) is 0.0720. The van der Waals surface area contributed by atoms with Crippen LogP contribution in [0, 0.1) is 11.3 Å². The van der Waals surface area contributed by atoms with Gasteiger partial charge in [-0.15, -0.1) is 0 Å². The van der Waals surface area contributed by atoms with Crippen LogP contribution in [0.3, 0.4) is 0 Å². The number of anilines is 1. The van der Waals surface area contributed by atoms with Gasteiger partial charge in [-0.05, 0) is 23.8 Å². The Kier molecular flexibility index (Phi) is 4.14. The molecule has 0 aliphatic carbocycles. The molecule has 0 spiro atoms. The van der Waals surface area contributed by atoms with E-state index in [2.05, 4.69) is 0 Å². The Morgan fingerprint density at radius 2 is 2.19 bits per heavy atom. The van der Waals surface area contributed by atoms with Crippen molar-refractivity contribution in [3.8, 4) is 11.8 Å². The highest BCUT2D eigenvalue weighted by molar-refractivity contribution is 5.89. The normalized spacial score (nSPS) is 9.95. The third-order valence-corrected chi connectivity index (χ3v) is 2.99. The molecule has 0 bridgehead atoms. The molecule has 2 N–H and O–H groups in total. The molecule has 2 aromatic rings. The van der Waals surface area contributed by atoms with Gasteiger partial charge >= 0.3 is 5.97 Å². The number of ether oxygens (including phenoxy) is 2. The number of rotatable bonds is 4. The molecule has 0 unspecified atom stereocenters. The number of hydrogen-bond acceptors (Lipinski definition) is 5. The van der Waals surface area contributed by atoms with Gasteiger partial charge in [0, 0.05) is 13.2 Å². The van der Waals surface area contributed by atoms with Crippen LogP contribution in [0.1, 0.15) is 21.6 Å². The minimum atomic E-state index is -0.469. The average molecular weight is 285 g/mol. The van der Waals surface area contributed by atoms with Crippen LogP contribution in [0.4, 0.5) is 5.69 Å². The molecule has 0 saturated carbocycles. The van der Waals surface area contributed by atoms with Gasteiger partial charge in [-0.3, -0.25) is 0 Å². The van der Waals surface area contributed by atoms with Crippen molar-refractivity contribution in [1.29, 1.82) is 5.26 Å². The maximum Gasteiger partial charge on any atom is 0.355 e. The monoisotopic (exact) mass is 285 g/mol. The van der Waals surface area contributed by atoms with Crippen LogP contribution in [0.25, 0.3) is 0 Å². The smallest absolute Gasteiger partial charge is 0.355 e. The number of carbonyl (C=O) groups is 1. The first kappa shape index (κ1) is 14.5.